The van der Waals surface area contributed by atoms with Gasteiger partial charge in [0.15, 0.2) is 11.5 Å². The van der Waals surface area contributed by atoms with Crippen molar-refractivity contribution in [1.82, 2.24) is 10.3 Å². The summed E-state index contributed by atoms with van der Waals surface area (Å²) in [4.78, 5) is 15.9. The first-order valence-corrected chi connectivity index (χ1v) is 10.6. The van der Waals surface area contributed by atoms with Gasteiger partial charge in [-0.15, -0.1) is 0 Å². The second-order valence-corrected chi connectivity index (χ2v) is 7.68. The van der Waals surface area contributed by atoms with Crippen LogP contribution in [0.3, 0.4) is 0 Å². The molecular weight excluding hydrogens is 426 g/mol. The fourth-order valence-corrected chi connectivity index (χ4v) is 3.97. The Hall–Kier alpha value is -3.64. The average Bonchev–Trinajstić information content (AvgIpc) is 3.24. The number of hydrogen-bond acceptors (Lipinski definition) is 3. The number of benzene rings is 3. The van der Waals surface area contributed by atoms with Gasteiger partial charge >= 0.3 is 6.03 Å². The minimum atomic E-state index is -0.330. The van der Waals surface area contributed by atoms with Crippen molar-refractivity contribution in [2.45, 2.75) is 5.92 Å². The Morgan fingerprint density at radius 2 is 1.75 bits per heavy atom. The van der Waals surface area contributed by atoms with Crippen molar-refractivity contribution in [1.29, 1.82) is 0 Å². The summed E-state index contributed by atoms with van der Waals surface area (Å²) >= 11 is 6.16. The van der Waals surface area contributed by atoms with Crippen molar-refractivity contribution in [3.05, 3.63) is 89.1 Å². The van der Waals surface area contributed by atoms with Crippen molar-refractivity contribution in [3.8, 4) is 11.5 Å². The largest absolute Gasteiger partial charge is 0.493 e. The van der Waals surface area contributed by atoms with E-state index in [-0.39, 0.29) is 11.9 Å². The van der Waals surface area contributed by atoms with Crippen LogP contribution in [-0.2, 0) is 0 Å². The van der Waals surface area contributed by atoms with E-state index < -0.39 is 0 Å². The van der Waals surface area contributed by atoms with E-state index >= 15 is 0 Å². The van der Waals surface area contributed by atoms with Crippen molar-refractivity contribution in [2.75, 3.05) is 26.1 Å². The second kappa shape index (κ2) is 9.66. The number of fused-ring (bicyclic) bond motifs is 1. The molecule has 4 rings (SSSR count). The Bertz CT molecular complexity index is 1240. The van der Waals surface area contributed by atoms with Gasteiger partial charge in [-0.25, -0.2) is 4.79 Å². The highest BCUT2D eigenvalue weighted by Gasteiger charge is 2.21. The number of methoxy groups -OCH3 is 2. The molecular formula is C25H24ClN3O3. The molecule has 3 N–H and O–H groups in total. The summed E-state index contributed by atoms with van der Waals surface area (Å²) in [5.41, 5.74) is 3.66. The van der Waals surface area contributed by atoms with Crippen LogP contribution >= 0.6 is 11.6 Å². The highest BCUT2D eigenvalue weighted by Crippen LogP contribution is 2.35. The number of amides is 2. The van der Waals surface area contributed by atoms with Crippen LogP contribution in [-0.4, -0.2) is 31.8 Å². The Morgan fingerprint density at radius 1 is 1.00 bits per heavy atom. The van der Waals surface area contributed by atoms with E-state index in [2.05, 4.69) is 21.7 Å². The monoisotopic (exact) mass is 449 g/mol. The van der Waals surface area contributed by atoms with Gasteiger partial charge in [0, 0.05) is 29.6 Å². The normalized spacial score (nSPS) is 11.7. The molecule has 1 unspecified atom stereocenters. The topological polar surface area (TPSA) is 75.4 Å². The van der Waals surface area contributed by atoms with Crippen LogP contribution in [0.2, 0.25) is 5.02 Å². The zero-order chi connectivity index (χ0) is 22.5. The molecule has 6 nitrogen and oxygen atoms in total. The Labute approximate surface area is 191 Å². The van der Waals surface area contributed by atoms with Gasteiger partial charge in [0.05, 0.1) is 24.9 Å². The van der Waals surface area contributed by atoms with Crippen LogP contribution in [0.1, 0.15) is 17.0 Å². The van der Waals surface area contributed by atoms with E-state index in [1.54, 1.807) is 26.4 Å². The van der Waals surface area contributed by atoms with E-state index in [1.807, 2.05) is 54.7 Å². The first kappa shape index (κ1) is 21.6. The zero-order valence-corrected chi connectivity index (χ0v) is 18.6. The van der Waals surface area contributed by atoms with Crippen molar-refractivity contribution >= 4 is 34.2 Å². The van der Waals surface area contributed by atoms with Crippen LogP contribution in [0.25, 0.3) is 10.9 Å². The molecule has 32 heavy (non-hydrogen) atoms. The number of hydrogen-bond donors (Lipinski definition) is 3. The fourth-order valence-electron chi connectivity index (χ4n) is 3.78. The predicted molar refractivity (Wildman–Crippen MR) is 128 cm³/mol. The number of nitrogens with one attached hydrogen (secondary N) is 3. The van der Waals surface area contributed by atoms with Crippen LogP contribution in [0.4, 0.5) is 10.5 Å². The lowest BCUT2D eigenvalue weighted by Gasteiger charge is -2.20. The van der Waals surface area contributed by atoms with Crippen LogP contribution < -0.4 is 20.1 Å². The van der Waals surface area contributed by atoms with Crippen LogP contribution in [0.5, 0.6) is 11.5 Å². The standard InChI is InChI=1S/C25H24ClN3O3/c1-31-23-12-11-16(13-24(23)32-2)18(19-15-27-21-9-5-3-7-17(19)21)14-28-25(30)29-22-10-6-4-8-20(22)26/h3-13,15,18,27H,14H2,1-2H3,(H2,28,29,30). The maximum absolute atomic E-state index is 12.6. The summed E-state index contributed by atoms with van der Waals surface area (Å²) in [6.07, 6.45) is 1.99. The lowest BCUT2D eigenvalue weighted by atomic mass is 9.90. The number of carbonyl (C=O) groups is 1. The van der Waals surface area contributed by atoms with Gasteiger partial charge in [0.25, 0.3) is 0 Å². The first-order valence-electron chi connectivity index (χ1n) is 10.2. The molecule has 164 valence electrons. The maximum atomic E-state index is 12.6. The van der Waals surface area contributed by atoms with E-state index in [1.165, 1.54) is 0 Å². The summed E-state index contributed by atoms with van der Waals surface area (Å²) in [5, 5.41) is 7.37. The van der Waals surface area contributed by atoms with Gasteiger partial charge in [-0.05, 0) is 41.5 Å². The van der Waals surface area contributed by atoms with Gasteiger partial charge in [-0.2, -0.15) is 0 Å². The third-order valence-electron chi connectivity index (χ3n) is 5.40. The van der Waals surface area contributed by atoms with Crippen LogP contribution in [0.15, 0.2) is 72.9 Å². The number of H-pyrrole nitrogens is 1. The Balaban J connectivity index is 1.64. The van der Waals surface area contributed by atoms with Gasteiger partial charge in [0.2, 0.25) is 0 Å². The Morgan fingerprint density at radius 3 is 2.53 bits per heavy atom. The Kier molecular flexibility index (Phi) is 6.52. The molecule has 0 spiro atoms. The molecule has 0 fully saturated rings. The number of ether oxygens (including phenoxy) is 2. The molecule has 0 saturated heterocycles. The molecule has 1 aromatic heterocycles. The third-order valence-corrected chi connectivity index (χ3v) is 5.73. The van der Waals surface area contributed by atoms with Crippen molar-refractivity contribution in [2.24, 2.45) is 0 Å². The minimum Gasteiger partial charge on any atom is -0.493 e. The van der Waals surface area contributed by atoms with Crippen molar-refractivity contribution < 1.29 is 14.3 Å². The van der Waals surface area contributed by atoms with E-state index in [0.29, 0.717) is 28.8 Å². The number of rotatable bonds is 7. The predicted octanol–water partition coefficient (Wildman–Crippen LogP) is 5.79. The number of aromatic amines is 1. The molecule has 2 amide bonds. The molecule has 0 aliphatic heterocycles. The van der Waals surface area contributed by atoms with E-state index in [9.17, 15) is 4.79 Å². The minimum absolute atomic E-state index is 0.122. The number of halogens is 1. The molecule has 1 atom stereocenters. The SMILES string of the molecule is COc1ccc(C(CNC(=O)Nc2ccccc2Cl)c2c[nH]c3ccccc23)cc1OC. The number of carbonyl (C=O) groups excluding carboxylic acids is 1. The number of urea groups is 1. The van der Waals surface area contributed by atoms with Crippen LogP contribution in [0, 0.1) is 0 Å². The zero-order valence-electron chi connectivity index (χ0n) is 17.8. The van der Waals surface area contributed by atoms with Crippen molar-refractivity contribution in [3.63, 3.8) is 0 Å². The van der Waals surface area contributed by atoms with Gasteiger partial charge < -0.3 is 25.1 Å². The molecule has 4 aromatic rings. The second-order valence-electron chi connectivity index (χ2n) is 7.27. The number of aromatic nitrogens is 1. The molecule has 0 aliphatic rings. The molecule has 3 aromatic carbocycles. The number of para-hydroxylation sites is 2. The molecule has 0 saturated carbocycles. The smallest absolute Gasteiger partial charge is 0.319 e. The summed E-state index contributed by atoms with van der Waals surface area (Å²) in [6, 6.07) is 20.7. The molecule has 1 heterocycles. The third kappa shape index (κ3) is 4.50. The number of anilines is 1. The van der Waals surface area contributed by atoms with Gasteiger partial charge in [-0.3, -0.25) is 0 Å². The summed E-state index contributed by atoms with van der Waals surface area (Å²) in [6.45, 7) is 0.369. The maximum Gasteiger partial charge on any atom is 0.319 e. The highest BCUT2D eigenvalue weighted by molar-refractivity contribution is 6.33. The highest BCUT2D eigenvalue weighted by atomic mass is 35.5. The lowest BCUT2D eigenvalue weighted by molar-refractivity contribution is 0.252. The molecule has 0 radical (unpaired) electrons. The molecule has 7 heteroatoms. The van der Waals surface area contributed by atoms with Gasteiger partial charge in [-0.1, -0.05) is 48.0 Å². The lowest BCUT2D eigenvalue weighted by Crippen LogP contribution is -2.32. The average molecular weight is 450 g/mol. The summed E-state index contributed by atoms with van der Waals surface area (Å²) < 4.78 is 10.9. The molecule has 0 bridgehead atoms. The molecule has 0 aliphatic carbocycles. The first-order chi connectivity index (χ1) is 15.6. The van der Waals surface area contributed by atoms with Gasteiger partial charge in [0.1, 0.15) is 0 Å². The quantitative estimate of drug-likeness (QED) is 0.334. The van der Waals surface area contributed by atoms with E-state index in [0.717, 1.165) is 22.0 Å². The van der Waals surface area contributed by atoms with E-state index in [4.69, 9.17) is 21.1 Å². The summed E-state index contributed by atoms with van der Waals surface area (Å²) in [7, 11) is 3.22. The fraction of sp³-hybridized carbons (Fsp3) is 0.160. The summed E-state index contributed by atoms with van der Waals surface area (Å²) in [5.74, 6) is 1.16.